The smallest absolute Gasteiger partial charge is 0.222 e. The first-order chi connectivity index (χ1) is 8.85. The summed E-state index contributed by atoms with van der Waals surface area (Å²) in [4.78, 5) is 11.7. The van der Waals surface area contributed by atoms with Crippen LogP contribution in [-0.2, 0) is 11.3 Å². The van der Waals surface area contributed by atoms with Crippen molar-refractivity contribution in [3.05, 3.63) is 23.8 Å². The summed E-state index contributed by atoms with van der Waals surface area (Å²) in [5, 5.41) is 2.83. The number of benzene rings is 1. The Labute approximate surface area is 114 Å². The van der Waals surface area contributed by atoms with Crippen molar-refractivity contribution in [2.24, 2.45) is 5.73 Å². The van der Waals surface area contributed by atoms with E-state index in [0.29, 0.717) is 24.5 Å². The Hall–Kier alpha value is -1.75. The highest BCUT2D eigenvalue weighted by Crippen LogP contribution is 2.27. The second-order valence-electron chi connectivity index (χ2n) is 5.13. The maximum absolute atomic E-state index is 11.7. The minimum absolute atomic E-state index is 0.0673. The fourth-order valence-corrected chi connectivity index (χ4v) is 1.67. The van der Waals surface area contributed by atoms with Crippen molar-refractivity contribution >= 4 is 5.91 Å². The number of carbonyl (C=O) groups is 1. The Bertz CT molecular complexity index is 439. The maximum atomic E-state index is 11.7. The molecule has 0 saturated carbocycles. The molecular formula is C14H22N2O3. The second-order valence-corrected chi connectivity index (χ2v) is 5.13. The van der Waals surface area contributed by atoms with Crippen molar-refractivity contribution in [1.29, 1.82) is 0 Å². The SMILES string of the molecule is COc1ccc(CNC(=O)CC(C)(C)N)cc1OC. The number of ether oxygens (including phenoxy) is 2. The van der Waals surface area contributed by atoms with E-state index in [-0.39, 0.29) is 5.91 Å². The molecule has 1 aromatic rings. The normalized spacial score (nSPS) is 11.0. The molecule has 0 unspecified atom stereocenters. The van der Waals surface area contributed by atoms with Gasteiger partial charge in [-0.1, -0.05) is 6.07 Å². The van der Waals surface area contributed by atoms with Gasteiger partial charge in [0, 0.05) is 18.5 Å². The highest BCUT2D eigenvalue weighted by Gasteiger charge is 2.16. The van der Waals surface area contributed by atoms with Gasteiger partial charge in [0.25, 0.3) is 0 Å². The van der Waals surface area contributed by atoms with Crippen LogP contribution in [0.15, 0.2) is 18.2 Å². The van der Waals surface area contributed by atoms with Crippen LogP contribution in [-0.4, -0.2) is 25.7 Å². The number of carbonyl (C=O) groups excluding carboxylic acids is 1. The molecule has 0 aliphatic rings. The first kappa shape index (κ1) is 15.3. The van der Waals surface area contributed by atoms with Crippen LogP contribution in [0.3, 0.4) is 0 Å². The van der Waals surface area contributed by atoms with Crippen LogP contribution in [0.2, 0.25) is 0 Å². The molecule has 0 heterocycles. The van der Waals surface area contributed by atoms with Crippen molar-refractivity contribution in [1.82, 2.24) is 5.32 Å². The van der Waals surface area contributed by atoms with Crippen molar-refractivity contribution in [2.75, 3.05) is 14.2 Å². The number of hydrogen-bond donors (Lipinski definition) is 2. The topological polar surface area (TPSA) is 73.6 Å². The number of methoxy groups -OCH3 is 2. The van der Waals surface area contributed by atoms with Gasteiger partial charge in [0.2, 0.25) is 5.91 Å². The van der Waals surface area contributed by atoms with Gasteiger partial charge in [-0.2, -0.15) is 0 Å². The molecule has 1 aromatic carbocycles. The largest absolute Gasteiger partial charge is 0.493 e. The summed E-state index contributed by atoms with van der Waals surface area (Å²) in [7, 11) is 3.17. The lowest BCUT2D eigenvalue weighted by atomic mass is 10.0. The van der Waals surface area contributed by atoms with Crippen molar-refractivity contribution in [3.8, 4) is 11.5 Å². The van der Waals surface area contributed by atoms with E-state index < -0.39 is 5.54 Å². The zero-order valence-electron chi connectivity index (χ0n) is 11.9. The third-order valence-corrected chi connectivity index (χ3v) is 2.55. The average Bonchev–Trinajstić information content (AvgIpc) is 2.33. The lowest BCUT2D eigenvalue weighted by Crippen LogP contribution is -2.38. The van der Waals surface area contributed by atoms with Gasteiger partial charge in [-0.05, 0) is 31.5 Å². The highest BCUT2D eigenvalue weighted by atomic mass is 16.5. The Balaban J connectivity index is 2.61. The summed E-state index contributed by atoms with van der Waals surface area (Å²) in [6, 6.07) is 5.54. The molecule has 0 aliphatic heterocycles. The number of amides is 1. The van der Waals surface area contributed by atoms with E-state index >= 15 is 0 Å². The zero-order valence-corrected chi connectivity index (χ0v) is 11.9. The zero-order chi connectivity index (χ0) is 14.5. The first-order valence-corrected chi connectivity index (χ1v) is 6.12. The van der Waals surface area contributed by atoms with Crippen LogP contribution >= 0.6 is 0 Å². The van der Waals surface area contributed by atoms with Gasteiger partial charge in [0.15, 0.2) is 11.5 Å². The molecule has 0 atom stereocenters. The summed E-state index contributed by atoms with van der Waals surface area (Å²) in [6.45, 7) is 4.08. The quantitative estimate of drug-likeness (QED) is 0.817. The Morgan fingerprint density at radius 2 is 1.89 bits per heavy atom. The number of hydrogen-bond acceptors (Lipinski definition) is 4. The van der Waals surface area contributed by atoms with Crippen LogP contribution in [0, 0.1) is 0 Å². The monoisotopic (exact) mass is 266 g/mol. The molecule has 106 valence electrons. The van der Waals surface area contributed by atoms with Gasteiger partial charge in [0.1, 0.15) is 0 Å². The second kappa shape index (κ2) is 6.43. The standard InChI is InChI=1S/C14H22N2O3/c1-14(2,15)8-13(17)16-9-10-5-6-11(18-3)12(7-10)19-4/h5-7H,8-9,15H2,1-4H3,(H,16,17). The third-order valence-electron chi connectivity index (χ3n) is 2.55. The maximum Gasteiger partial charge on any atom is 0.222 e. The molecule has 0 spiro atoms. The fraction of sp³-hybridized carbons (Fsp3) is 0.500. The van der Waals surface area contributed by atoms with Crippen LogP contribution in [0.1, 0.15) is 25.8 Å². The summed E-state index contributed by atoms with van der Waals surface area (Å²) >= 11 is 0. The van der Waals surface area contributed by atoms with E-state index in [1.54, 1.807) is 14.2 Å². The number of nitrogens with one attached hydrogen (secondary N) is 1. The Kier molecular flexibility index (Phi) is 5.18. The van der Waals surface area contributed by atoms with Crippen molar-refractivity contribution in [2.45, 2.75) is 32.4 Å². The van der Waals surface area contributed by atoms with Gasteiger partial charge in [-0.3, -0.25) is 4.79 Å². The molecule has 5 heteroatoms. The molecule has 0 aromatic heterocycles. The van der Waals surface area contributed by atoms with E-state index in [9.17, 15) is 4.79 Å². The molecule has 5 nitrogen and oxygen atoms in total. The van der Waals surface area contributed by atoms with E-state index in [0.717, 1.165) is 5.56 Å². The minimum atomic E-state index is -0.498. The molecule has 3 N–H and O–H groups in total. The molecule has 0 radical (unpaired) electrons. The number of rotatable bonds is 6. The van der Waals surface area contributed by atoms with Crippen LogP contribution < -0.4 is 20.5 Å². The number of nitrogens with two attached hydrogens (primary N) is 1. The molecular weight excluding hydrogens is 244 g/mol. The summed E-state index contributed by atoms with van der Waals surface area (Å²) in [5.41, 5.74) is 6.24. The van der Waals surface area contributed by atoms with Gasteiger partial charge in [-0.25, -0.2) is 0 Å². The summed E-state index contributed by atoms with van der Waals surface area (Å²) in [5.74, 6) is 1.25. The van der Waals surface area contributed by atoms with Crippen LogP contribution in [0.4, 0.5) is 0 Å². The third kappa shape index (κ3) is 5.18. The van der Waals surface area contributed by atoms with Gasteiger partial charge in [0.05, 0.1) is 14.2 Å². The predicted molar refractivity (Wildman–Crippen MR) is 74.3 cm³/mol. The molecule has 0 aliphatic carbocycles. The van der Waals surface area contributed by atoms with Crippen molar-refractivity contribution in [3.63, 3.8) is 0 Å². The van der Waals surface area contributed by atoms with E-state index in [2.05, 4.69) is 5.32 Å². The molecule has 0 fully saturated rings. The fourth-order valence-electron chi connectivity index (χ4n) is 1.67. The lowest BCUT2D eigenvalue weighted by Gasteiger charge is -2.17. The Morgan fingerprint density at radius 1 is 1.26 bits per heavy atom. The van der Waals surface area contributed by atoms with E-state index in [1.165, 1.54) is 0 Å². The highest BCUT2D eigenvalue weighted by molar-refractivity contribution is 5.77. The van der Waals surface area contributed by atoms with Gasteiger partial charge >= 0.3 is 0 Å². The minimum Gasteiger partial charge on any atom is -0.493 e. The van der Waals surface area contributed by atoms with E-state index in [4.69, 9.17) is 15.2 Å². The van der Waals surface area contributed by atoms with Crippen LogP contribution in [0.25, 0.3) is 0 Å². The van der Waals surface area contributed by atoms with Crippen molar-refractivity contribution < 1.29 is 14.3 Å². The molecule has 1 rings (SSSR count). The van der Waals surface area contributed by atoms with Gasteiger partial charge in [-0.15, -0.1) is 0 Å². The van der Waals surface area contributed by atoms with Crippen LogP contribution in [0.5, 0.6) is 11.5 Å². The van der Waals surface area contributed by atoms with Gasteiger partial charge < -0.3 is 20.5 Å². The first-order valence-electron chi connectivity index (χ1n) is 6.12. The molecule has 19 heavy (non-hydrogen) atoms. The molecule has 0 bridgehead atoms. The molecule has 0 saturated heterocycles. The predicted octanol–water partition coefficient (Wildman–Crippen LogP) is 1.45. The lowest BCUT2D eigenvalue weighted by molar-refractivity contribution is -0.122. The summed E-state index contributed by atoms with van der Waals surface area (Å²) in [6.07, 6.45) is 0.292. The summed E-state index contributed by atoms with van der Waals surface area (Å²) < 4.78 is 10.4. The van der Waals surface area contributed by atoms with E-state index in [1.807, 2.05) is 32.0 Å². The average molecular weight is 266 g/mol. The Morgan fingerprint density at radius 3 is 2.42 bits per heavy atom. The molecule has 1 amide bonds.